The smallest absolute Gasteiger partial charge is 0.253 e. The summed E-state index contributed by atoms with van der Waals surface area (Å²) in [6.07, 6.45) is 4.73. The van der Waals surface area contributed by atoms with Crippen LogP contribution in [0.5, 0.6) is 0 Å². The highest BCUT2D eigenvalue weighted by Crippen LogP contribution is 2.62. The second-order valence-corrected chi connectivity index (χ2v) is 26.0. The number of benzene rings is 9. The Balaban J connectivity index is 1.09. The van der Waals surface area contributed by atoms with Crippen molar-refractivity contribution in [2.75, 3.05) is 0 Å². The number of fused-ring (bicyclic) bond motifs is 15. The Hall–Kier alpha value is -7.36. The van der Waals surface area contributed by atoms with E-state index >= 15 is 0 Å². The number of hydrogen-bond donors (Lipinski definition) is 0. The minimum atomic E-state index is -0.511. The molecule has 0 unspecified atom stereocenters. The highest BCUT2D eigenvalue weighted by molar-refractivity contribution is 7.01. The van der Waals surface area contributed by atoms with Gasteiger partial charge in [-0.15, -0.1) is 0 Å². The summed E-state index contributed by atoms with van der Waals surface area (Å²) in [5, 5.41) is 6.67. The van der Waals surface area contributed by atoms with Crippen molar-refractivity contribution in [3.8, 4) is 44.9 Å². The second kappa shape index (κ2) is 13.3. The number of nitrogens with zero attached hydrogens (tertiary/aromatic N) is 2. The standard InChI is InChI=1S/C71H59BN2/c1-67(2)33-35-69(5,6)55-38-41(27-29-51(55)67)59-48-37-40-17-9-10-18-43(40)60-65(48)73(62(59)42-28-30-52-56(39-42)70(7,8)36-34-68(52,3)4)58-32-31-54-66-61(58)72(60)57-26-16-22-47-46-21-15-25-53(63(46)74(66)64(47)57)71(54)49-23-13-11-19-44(49)45-20-12-14-24-50(45)71/h9-32,37-39H,33-36H2,1-8H3. The van der Waals surface area contributed by atoms with Crippen LogP contribution in [0.15, 0.2) is 164 Å². The summed E-state index contributed by atoms with van der Waals surface area (Å²) in [4.78, 5) is 0. The monoisotopic (exact) mass is 950 g/mol. The van der Waals surface area contributed by atoms with Crippen molar-refractivity contribution in [1.82, 2.24) is 9.13 Å². The molecular formula is C71H59BN2. The Morgan fingerprint density at radius 3 is 1.61 bits per heavy atom. The summed E-state index contributed by atoms with van der Waals surface area (Å²) >= 11 is 0. The molecule has 74 heavy (non-hydrogen) atoms. The first-order valence-electron chi connectivity index (χ1n) is 27.6. The fourth-order valence-electron chi connectivity index (χ4n) is 16.7. The maximum atomic E-state index is 2.80. The number of para-hydroxylation sites is 2. The molecule has 3 aliphatic carbocycles. The van der Waals surface area contributed by atoms with Gasteiger partial charge in [-0.25, -0.2) is 0 Å². The van der Waals surface area contributed by atoms with Crippen LogP contribution in [0, 0.1) is 0 Å². The Morgan fingerprint density at radius 2 is 0.919 bits per heavy atom. The van der Waals surface area contributed by atoms with Gasteiger partial charge in [-0.05, 0) is 159 Å². The van der Waals surface area contributed by atoms with Gasteiger partial charge >= 0.3 is 0 Å². The molecule has 17 rings (SSSR count). The van der Waals surface area contributed by atoms with Crippen molar-refractivity contribution in [3.05, 3.63) is 208 Å². The molecule has 11 aromatic rings. The Bertz CT molecular complexity index is 4400. The molecule has 0 bridgehead atoms. The minimum Gasteiger partial charge on any atom is -0.310 e. The van der Waals surface area contributed by atoms with Crippen molar-refractivity contribution >= 4 is 66.6 Å². The first kappa shape index (κ1) is 42.0. The summed E-state index contributed by atoms with van der Waals surface area (Å²) in [6, 6.07) is 65.5. The predicted octanol–water partition coefficient (Wildman–Crippen LogP) is 15.7. The van der Waals surface area contributed by atoms with Gasteiger partial charge in [0.2, 0.25) is 0 Å². The van der Waals surface area contributed by atoms with Crippen LogP contribution in [0.2, 0.25) is 0 Å². The molecule has 3 aliphatic heterocycles. The highest BCUT2D eigenvalue weighted by atomic mass is 15.1. The lowest BCUT2D eigenvalue weighted by molar-refractivity contribution is 0.332. The molecule has 1 spiro atoms. The van der Waals surface area contributed by atoms with Gasteiger partial charge in [0.1, 0.15) is 0 Å². The van der Waals surface area contributed by atoms with E-state index < -0.39 is 5.41 Å². The van der Waals surface area contributed by atoms with E-state index in [1.807, 2.05) is 0 Å². The van der Waals surface area contributed by atoms with Gasteiger partial charge in [-0.2, -0.15) is 0 Å². The van der Waals surface area contributed by atoms with Crippen LogP contribution in [0.25, 0.3) is 88.4 Å². The molecule has 0 saturated carbocycles. The fraction of sp³-hybridized carbons (Fsp3) is 0.239. The van der Waals surface area contributed by atoms with Crippen LogP contribution < -0.4 is 16.4 Å². The molecule has 2 nitrogen and oxygen atoms in total. The third kappa shape index (κ3) is 4.76. The Kier molecular flexibility index (Phi) is 7.55. The third-order valence-electron chi connectivity index (χ3n) is 20.4. The Labute approximate surface area is 434 Å². The van der Waals surface area contributed by atoms with Gasteiger partial charge in [-0.3, -0.25) is 0 Å². The van der Waals surface area contributed by atoms with Crippen LogP contribution in [0.4, 0.5) is 0 Å². The molecule has 2 aromatic heterocycles. The molecule has 0 fully saturated rings. The third-order valence-corrected chi connectivity index (χ3v) is 20.4. The average Bonchev–Trinajstić information content (AvgIpc) is 4.06. The minimum absolute atomic E-state index is 0.00539. The van der Waals surface area contributed by atoms with Gasteiger partial charge in [0.15, 0.2) is 0 Å². The van der Waals surface area contributed by atoms with E-state index in [0.717, 1.165) is 0 Å². The first-order valence-corrected chi connectivity index (χ1v) is 27.6. The summed E-state index contributed by atoms with van der Waals surface area (Å²) in [6.45, 7) is 19.8. The van der Waals surface area contributed by atoms with Crippen LogP contribution in [-0.4, -0.2) is 15.8 Å². The molecule has 0 radical (unpaired) electrons. The largest absolute Gasteiger partial charge is 0.310 e. The van der Waals surface area contributed by atoms with Crippen molar-refractivity contribution in [3.63, 3.8) is 0 Å². The maximum Gasteiger partial charge on any atom is 0.253 e. The van der Waals surface area contributed by atoms with E-state index in [9.17, 15) is 0 Å². The molecule has 356 valence electrons. The summed E-state index contributed by atoms with van der Waals surface area (Å²) in [5.41, 5.74) is 30.3. The molecule has 6 aliphatic rings. The maximum absolute atomic E-state index is 2.80. The van der Waals surface area contributed by atoms with Gasteiger partial charge in [0, 0.05) is 38.6 Å². The van der Waals surface area contributed by atoms with Crippen LogP contribution >= 0.6 is 0 Å². The second-order valence-electron chi connectivity index (χ2n) is 26.0. The zero-order valence-corrected chi connectivity index (χ0v) is 43.9. The summed E-state index contributed by atoms with van der Waals surface area (Å²) < 4.78 is 5.55. The van der Waals surface area contributed by atoms with E-state index in [0.29, 0.717) is 0 Å². The lowest BCUT2D eigenvalue weighted by Crippen LogP contribution is -2.60. The highest BCUT2D eigenvalue weighted by Gasteiger charge is 2.54. The normalized spacial score (nSPS) is 18.6. The average molecular weight is 951 g/mol. The molecule has 3 heteroatoms. The van der Waals surface area contributed by atoms with E-state index in [2.05, 4.69) is 228 Å². The van der Waals surface area contributed by atoms with Gasteiger partial charge < -0.3 is 9.13 Å². The van der Waals surface area contributed by atoms with Crippen LogP contribution in [0.1, 0.15) is 126 Å². The zero-order chi connectivity index (χ0) is 49.7. The topological polar surface area (TPSA) is 9.86 Å². The fourth-order valence-corrected chi connectivity index (χ4v) is 16.7. The van der Waals surface area contributed by atoms with Crippen LogP contribution in [0.3, 0.4) is 0 Å². The number of hydrogen-bond acceptors (Lipinski definition) is 0. The zero-order valence-electron chi connectivity index (χ0n) is 43.9. The van der Waals surface area contributed by atoms with E-state index in [1.165, 1.54) is 175 Å². The lowest BCUT2D eigenvalue weighted by atomic mass is 9.33. The van der Waals surface area contributed by atoms with Gasteiger partial charge in [-0.1, -0.05) is 201 Å². The van der Waals surface area contributed by atoms with Crippen molar-refractivity contribution in [2.24, 2.45) is 0 Å². The molecule has 0 atom stereocenters. The van der Waals surface area contributed by atoms with Crippen LogP contribution in [-0.2, 0) is 27.1 Å². The Morgan fingerprint density at radius 1 is 0.378 bits per heavy atom. The molecule has 0 N–H and O–H groups in total. The van der Waals surface area contributed by atoms with E-state index in [1.54, 1.807) is 0 Å². The van der Waals surface area contributed by atoms with Crippen molar-refractivity contribution < 1.29 is 0 Å². The van der Waals surface area contributed by atoms with E-state index in [-0.39, 0.29) is 28.4 Å². The van der Waals surface area contributed by atoms with E-state index in [4.69, 9.17) is 0 Å². The molecule has 0 saturated heterocycles. The lowest BCUT2D eigenvalue weighted by Gasteiger charge is -2.44. The molecule has 9 aromatic carbocycles. The van der Waals surface area contributed by atoms with Gasteiger partial charge in [0.25, 0.3) is 6.71 Å². The molecule has 5 heterocycles. The number of aromatic nitrogens is 2. The molecule has 0 amide bonds. The summed E-state index contributed by atoms with van der Waals surface area (Å²) in [7, 11) is 0. The summed E-state index contributed by atoms with van der Waals surface area (Å²) in [5.74, 6) is 0. The number of rotatable bonds is 2. The van der Waals surface area contributed by atoms with Crippen molar-refractivity contribution in [2.45, 2.75) is 108 Å². The quantitative estimate of drug-likeness (QED) is 0.153. The first-order chi connectivity index (χ1) is 35.7. The SMILES string of the molecule is CC1(C)CCC(C)(C)c2cc(-c3c(-c4ccc5c(c4)C(C)(C)CCC5(C)C)n4c5c(c6ccccc6cc35)B3c5c-4ccc4c5-n5c6c3cccc6c3cccc(c35)C43c4ccccc4-c4ccccc43)ccc21. The predicted molar refractivity (Wildman–Crippen MR) is 312 cm³/mol. The van der Waals surface area contributed by atoms with Crippen molar-refractivity contribution in [1.29, 1.82) is 0 Å². The van der Waals surface area contributed by atoms with Gasteiger partial charge in [0.05, 0.1) is 22.1 Å². The molecular weight excluding hydrogens is 892 g/mol.